The summed E-state index contributed by atoms with van der Waals surface area (Å²) in [6.45, 7) is 1.72. The summed E-state index contributed by atoms with van der Waals surface area (Å²) in [5, 5.41) is 22.7. The van der Waals surface area contributed by atoms with Gasteiger partial charge in [0.1, 0.15) is 17.0 Å². The first-order valence-electron chi connectivity index (χ1n) is 9.21. The number of hydrogen-bond donors (Lipinski definition) is 4. The van der Waals surface area contributed by atoms with Crippen molar-refractivity contribution in [1.29, 1.82) is 0 Å². The highest BCUT2D eigenvalue weighted by molar-refractivity contribution is 6.05. The number of aromatic hydroxyl groups is 1. The number of carbonyl (C=O) groups excluding carboxylic acids is 1. The number of imidazole rings is 1. The molecule has 0 bridgehead atoms. The number of fused-ring (bicyclic) bond motifs is 1. The van der Waals surface area contributed by atoms with Crippen LogP contribution in [0.15, 0.2) is 66.9 Å². The number of aliphatic hydroxyl groups excluding tert-OH is 1. The summed E-state index contributed by atoms with van der Waals surface area (Å²) in [7, 11) is 0. The molecule has 1 amide bonds. The normalized spacial score (nSPS) is 13.2. The van der Waals surface area contributed by atoms with Gasteiger partial charge in [-0.15, -0.1) is 0 Å². The molecular formula is C22H20N4O3. The molecule has 2 aromatic carbocycles. The average Bonchev–Trinajstić information content (AvgIpc) is 3.18. The second-order valence-electron chi connectivity index (χ2n) is 6.80. The van der Waals surface area contributed by atoms with Crippen molar-refractivity contribution in [3.63, 3.8) is 0 Å². The maximum absolute atomic E-state index is 12.9. The van der Waals surface area contributed by atoms with Gasteiger partial charge in [-0.1, -0.05) is 24.3 Å². The zero-order valence-corrected chi connectivity index (χ0v) is 15.7. The number of nitrogens with zero attached hydrogens (tertiary/aromatic N) is 2. The van der Waals surface area contributed by atoms with E-state index in [-0.39, 0.29) is 11.7 Å². The van der Waals surface area contributed by atoms with Crippen LogP contribution in [-0.4, -0.2) is 37.1 Å². The monoisotopic (exact) mass is 388 g/mol. The number of para-hydroxylation sites is 1. The third-order valence-electron chi connectivity index (χ3n) is 4.73. The number of phenolic OH excluding ortho intramolecular Hbond substituents is 1. The van der Waals surface area contributed by atoms with Crippen molar-refractivity contribution in [3.05, 3.63) is 78.0 Å². The fourth-order valence-electron chi connectivity index (χ4n) is 3.16. The van der Waals surface area contributed by atoms with E-state index in [2.05, 4.69) is 20.3 Å². The number of aromatic amines is 1. The lowest BCUT2D eigenvalue weighted by molar-refractivity contribution is 0.0853. The molecule has 2 heterocycles. The SMILES string of the molecule is CC(NC(=O)c1cccc2[nH]c(-c3ccccn3)nc12)C(O)c1ccc(O)cc1. The van der Waals surface area contributed by atoms with Crippen LogP contribution >= 0.6 is 0 Å². The maximum Gasteiger partial charge on any atom is 0.253 e. The molecule has 0 aliphatic heterocycles. The van der Waals surface area contributed by atoms with Crippen LogP contribution in [0.3, 0.4) is 0 Å². The van der Waals surface area contributed by atoms with Crippen LogP contribution in [0.1, 0.15) is 28.9 Å². The van der Waals surface area contributed by atoms with Gasteiger partial charge < -0.3 is 20.5 Å². The van der Waals surface area contributed by atoms with E-state index in [0.717, 1.165) is 5.52 Å². The molecule has 0 fully saturated rings. The van der Waals surface area contributed by atoms with Gasteiger partial charge in [-0.05, 0) is 48.9 Å². The molecule has 4 aromatic rings. The summed E-state index contributed by atoms with van der Waals surface area (Å²) < 4.78 is 0. The number of aromatic nitrogens is 3. The smallest absolute Gasteiger partial charge is 0.253 e. The molecule has 4 rings (SSSR count). The molecule has 0 saturated heterocycles. The van der Waals surface area contributed by atoms with Gasteiger partial charge in [-0.25, -0.2) is 4.98 Å². The van der Waals surface area contributed by atoms with Gasteiger partial charge in [0.05, 0.1) is 23.2 Å². The maximum atomic E-state index is 12.9. The molecular weight excluding hydrogens is 368 g/mol. The van der Waals surface area contributed by atoms with E-state index in [9.17, 15) is 15.0 Å². The first kappa shape index (κ1) is 18.6. The zero-order valence-electron chi connectivity index (χ0n) is 15.7. The lowest BCUT2D eigenvalue weighted by atomic mass is 10.0. The Morgan fingerprint density at radius 1 is 1.07 bits per heavy atom. The van der Waals surface area contributed by atoms with E-state index in [0.29, 0.717) is 28.2 Å². The highest BCUT2D eigenvalue weighted by atomic mass is 16.3. The van der Waals surface area contributed by atoms with Crippen LogP contribution in [-0.2, 0) is 0 Å². The number of benzene rings is 2. The Morgan fingerprint density at radius 3 is 2.59 bits per heavy atom. The highest BCUT2D eigenvalue weighted by Gasteiger charge is 2.21. The number of pyridine rings is 1. The minimum atomic E-state index is -0.915. The second kappa shape index (κ2) is 7.73. The molecule has 0 saturated carbocycles. The minimum absolute atomic E-state index is 0.117. The molecule has 0 aliphatic carbocycles. The van der Waals surface area contributed by atoms with Crippen molar-refractivity contribution in [3.8, 4) is 17.3 Å². The molecule has 0 aliphatic rings. The van der Waals surface area contributed by atoms with Crippen LogP contribution in [0.5, 0.6) is 5.75 Å². The average molecular weight is 388 g/mol. The Morgan fingerprint density at radius 2 is 1.86 bits per heavy atom. The number of amides is 1. The number of phenols is 1. The van der Waals surface area contributed by atoms with Gasteiger partial charge >= 0.3 is 0 Å². The number of rotatable bonds is 5. The number of hydrogen-bond acceptors (Lipinski definition) is 5. The summed E-state index contributed by atoms with van der Waals surface area (Å²) >= 11 is 0. The standard InChI is InChI=1S/C22H20N4O3/c1-13(20(28)14-8-10-15(27)11-9-14)24-22(29)16-5-4-7-17-19(16)26-21(25-17)18-6-2-3-12-23-18/h2-13,20,27-28H,1H3,(H,24,29)(H,25,26). The fraction of sp³-hybridized carbons (Fsp3) is 0.136. The van der Waals surface area contributed by atoms with Crippen LogP contribution < -0.4 is 5.32 Å². The summed E-state index contributed by atoms with van der Waals surface area (Å²) in [6.07, 6.45) is 0.768. The number of H-pyrrole nitrogens is 1. The first-order valence-corrected chi connectivity index (χ1v) is 9.21. The van der Waals surface area contributed by atoms with Gasteiger partial charge in [0.25, 0.3) is 5.91 Å². The van der Waals surface area contributed by atoms with Crippen LogP contribution in [0.4, 0.5) is 0 Å². The van der Waals surface area contributed by atoms with Crippen LogP contribution in [0, 0.1) is 0 Å². The van der Waals surface area contributed by atoms with Gasteiger partial charge in [-0.3, -0.25) is 9.78 Å². The largest absolute Gasteiger partial charge is 0.508 e. The summed E-state index contributed by atoms with van der Waals surface area (Å²) in [5.41, 5.74) is 2.96. The molecule has 7 nitrogen and oxygen atoms in total. The third-order valence-corrected chi connectivity index (χ3v) is 4.73. The van der Waals surface area contributed by atoms with Crippen molar-refractivity contribution < 1.29 is 15.0 Å². The molecule has 2 unspecified atom stereocenters. The molecule has 0 radical (unpaired) electrons. The predicted molar refractivity (Wildman–Crippen MR) is 109 cm³/mol. The number of aliphatic hydroxyl groups is 1. The molecule has 146 valence electrons. The summed E-state index contributed by atoms with van der Waals surface area (Å²) in [4.78, 5) is 24.9. The predicted octanol–water partition coefficient (Wildman–Crippen LogP) is 3.18. The van der Waals surface area contributed by atoms with E-state index >= 15 is 0 Å². The van der Waals surface area contributed by atoms with Crippen LogP contribution in [0.25, 0.3) is 22.6 Å². The second-order valence-corrected chi connectivity index (χ2v) is 6.80. The summed E-state index contributed by atoms with van der Waals surface area (Å²) in [6, 6.07) is 16.5. The zero-order chi connectivity index (χ0) is 20.4. The highest BCUT2D eigenvalue weighted by Crippen LogP contribution is 2.23. The molecule has 29 heavy (non-hydrogen) atoms. The Kier molecular flexibility index (Phi) is 4.97. The first-order chi connectivity index (χ1) is 14.0. The molecule has 4 N–H and O–H groups in total. The Hall–Kier alpha value is -3.71. The van der Waals surface area contributed by atoms with Gasteiger partial charge in [0.15, 0.2) is 5.82 Å². The Labute approximate surface area is 167 Å². The topological polar surface area (TPSA) is 111 Å². The van der Waals surface area contributed by atoms with E-state index in [1.165, 1.54) is 12.1 Å². The lowest BCUT2D eigenvalue weighted by Gasteiger charge is -2.20. The number of carbonyl (C=O) groups is 1. The van der Waals surface area contributed by atoms with Crippen molar-refractivity contribution in [2.45, 2.75) is 19.1 Å². The quantitative estimate of drug-likeness (QED) is 0.420. The van der Waals surface area contributed by atoms with Gasteiger partial charge in [0, 0.05) is 6.20 Å². The summed E-state index contributed by atoms with van der Waals surface area (Å²) in [5.74, 6) is 0.365. The van der Waals surface area contributed by atoms with E-state index in [1.54, 1.807) is 37.4 Å². The number of nitrogens with one attached hydrogen (secondary N) is 2. The van der Waals surface area contributed by atoms with Crippen molar-refractivity contribution in [2.75, 3.05) is 0 Å². The molecule has 2 aromatic heterocycles. The fourth-order valence-corrected chi connectivity index (χ4v) is 3.16. The van der Waals surface area contributed by atoms with Crippen molar-refractivity contribution >= 4 is 16.9 Å². The van der Waals surface area contributed by atoms with Gasteiger partial charge in [0.2, 0.25) is 0 Å². The van der Waals surface area contributed by atoms with Crippen molar-refractivity contribution in [1.82, 2.24) is 20.3 Å². The van der Waals surface area contributed by atoms with Gasteiger partial charge in [-0.2, -0.15) is 0 Å². The Bertz CT molecular complexity index is 1140. The van der Waals surface area contributed by atoms with E-state index in [4.69, 9.17) is 0 Å². The van der Waals surface area contributed by atoms with E-state index in [1.807, 2.05) is 24.3 Å². The van der Waals surface area contributed by atoms with E-state index < -0.39 is 12.1 Å². The molecule has 0 spiro atoms. The lowest BCUT2D eigenvalue weighted by Crippen LogP contribution is -2.37. The third kappa shape index (κ3) is 3.81. The van der Waals surface area contributed by atoms with Crippen LogP contribution in [0.2, 0.25) is 0 Å². The molecule has 7 heteroatoms. The Balaban J connectivity index is 1.58. The minimum Gasteiger partial charge on any atom is -0.508 e. The molecule has 2 atom stereocenters. The van der Waals surface area contributed by atoms with Crippen molar-refractivity contribution in [2.24, 2.45) is 0 Å².